The number of ether oxygens (including phenoxy) is 2. The zero-order chi connectivity index (χ0) is 16.2. The minimum absolute atomic E-state index is 0.0311. The number of carbonyl (C=O) groups excluding carboxylic acids is 1. The molecule has 0 atom stereocenters. The van der Waals surface area contributed by atoms with E-state index in [0.29, 0.717) is 25.3 Å². The summed E-state index contributed by atoms with van der Waals surface area (Å²) >= 11 is 0. The standard InChI is InChI=1S/C15H20N2O5/c1-3-21-14(18)15(2)8-6-12(7-9-15)22-13-5-4-11(10-16-13)17(19)20/h4-5,10,12H,3,6-9H2,1-2H3. The van der Waals surface area contributed by atoms with Crippen LogP contribution in [0, 0.1) is 15.5 Å². The van der Waals surface area contributed by atoms with Crippen LogP contribution in [0.1, 0.15) is 39.5 Å². The highest BCUT2D eigenvalue weighted by molar-refractivity contribution is 5.76. The number of esters is 1. The van der Waals surface area contributed by atoms with E-state index >= 15 is 0 Å². The third-order valence-electron chi connectivity index (χ3n) is 4.02. The molecule has 0 unspecified atom stereocenters. The smallest absolute Gasteiger partial charge is 0.311 e. The Morgan fingerprint density at radius 1 is 1.45 bits per heavy atom. The number of rotatable bonds is 5. The van der Waals surface area contributed by atoms with E-state index in [-0.39, 0.29) is 17.8 Å². The third-order valence-corrected chi connectivity index (χ3v) is 4.02. The molecule has 0 saturated heterocycles. The Balaban J connectivity index is 1.89. The Labute approximate surface area is 128 Å². The molecule has 1 heterocycles. The second-order valence-corrected chi connectivity index (χ2v) is 5.71. The van der Waals surface area contributed by atoms with Crippen molar-refractivity contribution in [3.8, 4) is 5.88 Å². The van der Waals surface area contributed by atoms with Crippen LogP contribution in [0.3, 0.4) is 0 Å². The second kappa shape index (κ2) is 6.72. The predicted octanol–water partition coefficient (Wildman–Crippen LogP) is 2.88. The van der Waals surface area contributed by atoms with E-state index < -0.39 is 10.3 Å². The van der Waals surface area contributed by atoms with E-state index in [4.69, 9.17) is 9.47 Å². The van der Waals surface area contributed by atoms with Crippen molar-refractivity contribution in [1.82, 2.24) is 4.98 Å². The van der Waals surface area contributed by atoms with Gasteiger partial charge in [0.25, 0.3) is 5.69 Å². The van der Waals surface area contributed by atoms with Gasteiger partial charge in [0, 0.05) is 12.1 Å². The Bertz CT molecular complexity index is 535. The minimum Gasteiger partial charge on any atom is -0.474 e. The van der Waals surface area contributed by atoms with E-state index in [1.54, 1.807) is 6.92 Å². The minimum atomic E-state index is -0.498. The summed E-state index contributed by atoms with van der Waals surface area (Å²) in [4.78, 5) is 26.0. The van der Waals surface area contributed by atoms with Crippen LogP contribution in [-0.2, 0) is 9.53 Å². The molecule has 0 spiro atoms. The fraction of sp³-hybridized carbons (Fsp3) is 0.600. The predicted molar refractivity (Wildman–Crippen MR) is 78.5 cm³/mol. The van der Waals surface area contributed by atoms with E-state index in [1.165, 1.54) is 18.3 Å². The zero-order valence-electron chi connectivity index (χ0n) is 12.8. The second-order valence-electron chi connectivity index (χ2n) is 5.71. The Morgan fingerprint density at radius 3 is 2.64 bits per heavy atom. The molecule has 1 fully saturated rings. The summed E-state index contributed by atoms with van der Waals surface area (Å²) in [7, 11) is 0. The van der Waals surface area contributed by atoms with Crippen molar-refractivity contribution < 1.29 is 19.2 Å². The number of hydrogen-bond donors (Lipinski definition) is 0. The zero-order valence-corrected chi connectivity index (χ0v) is 12.8. The van der Waals surface area contributed by atoms with Gasteiger partial charge in [-0.05, 0) is 39.5 Å². The van der Waals surface area contributed by atoms with Crippen molar-refractivity contribution in [2.45, 2.75) is 45.6 Å². The SMILES string of the molecule is CCOC(=O)C1(C)CCC(Oc2ccc([N+](=O)[O-])cn2)CC1. The highest BCUT2D eigenvalue weighted by Gasteiger charge is 2.39. The summed E-state index contributed by atoms with van der Waals surface area (Å²) in [6.45, 7) is 4.11. The molecule has 0 amide bonds. The molecule has 0 radical (unpaired) electrons. The fourth-order valence-corrected chi connectivity index (χ4v) is 2.58. The highest BCUT2D eigenvalue weighted by atomic mass is 16.6. The van der Waals surface area contributed by atoms with Gasteiger partial charge in [-0.3, -0.25) is 14.9 Å². The topological polar surface area (TPSA) is 91.6 Å². The molecule has 1 aromatic rings. The van der Waals surface area contributed by atoms with Crippen molar-refractivity contribution in [3.63, 3.8) is 0 Å². The summed E-state index contributed by atoms with van der Waals surface area (Å²) in [5, 5.41) is 10.6. The van der Waals surface area contributed by atoms with E-state index in [9.17, 15) is 14.9 Å². The molecule has 1 aromatic heterocycles. The first-order valence-electron chi connectivity index (χ1n) is 7.39. The largest absolute Gasteiger partial charge is 0.474 e. The summed E-state index contributed by atoms with van der Waals surface area (Å²) in [6, 6.07) is 2.87. The van der Waals surface area contributed by atoms with Gasteiger partial charge in [-0.15, -0.1) is 0 Å². The monoisotopic (exact) mass is 308 g/mol. The quantitative estimate of drug-likeness (QED) is 0.472. The Kier molecular flexibility index (Phi) is 4.95. The molecule has 0 aliphatic heterocycles. The average molecular weight is 308 g/mol. The first-order valence-corrected chi connectivity index (χ1v) is 7.39. The number of nitrogens with zero attached hydrogens (tertiary/aromatic N) is 2. The van der Waals surface area contributed by atoms with Crippen LogP contribution in [0.2, 0.25) is 0 Å². The molecular weight excluding hydrogens is 288 g/mol. The van der Waals surface area contributed by atoms with Crippen molar-refractivity contribution in [2.24, 2.45) is 5.41 Å². The van der Waals surface area contributed by atoms with E-state index in [0.717, 1.165) is 12.8 Å². The van der Waals surface area contributed by atoms with Gasteiger partial charge in [0.15, 0.2) is 0 Å². The lowest BCUT2D eigenvalue weighted by atomic mass is 9.75. The lowest BCUT2D eigenvalue weighted by Gasteiger charge is -2.34. The molecule has 1 aliphatic rings. The van der Waals surface area contributed by atoms with Crippen molar-refractivity contribution in [3.05, 3.63) is 28.4 Å². The summed E-state index contributed by atoms with van der Waals surface area (Å²) in [5.41, 5.74) is -0.510. The van der Waals surface area contributed by atoms with Crippen LogP contribution in [-0.4, -0.2) is 28.6 Å². The molecule has 1 aliphatic carbocycles. The maximum absolute atomic E-state index is 11.9. The van der Waals surface area contributed by atoms with Crippen molar-refractivity contribution in [2.75, 3.05) is 6.61 Å². The lowest BCUT2D eigenvalue weighted by molar-refractivity contribution is -0.385. The maximum Gasteiger partial charge on any atom is 0.311 e. The summed E-state index contributed by atoms with van der Waals surface area (Å²) in [6.07, 6.45) is 4.01. The van der Waals surface area contributed by atoms with Crippen molar-refractivity contribution in [1.29, 1.82) is 0 Å². The maximum atomic E-state index is 11.9. The number of nitro groups is 1. The van der Waals surface area contributed by atoms with Gasteiger partial charge in [-0.25, -0.2) is 4.98 Å². The molecule has 0 aromatic carbocycles. The molecular formula is C15H20N2O5. The fourth-order valence-electron chi connectivity index (χ4n) is 2.58. The van der Waals surface area contributed by atoms with Gasteiger partial charge in [-0.1, -0.05) is 0 Å². The third kappa shape index (κ3) is 3.72. The number of hydrogen-bond acceptors (Lipinski definition) is 6. The van der Waals surface area contributed by atoms with Crippen LogP contribution >= 0.6 is 0 Å². The molecule has 120 valence electrons. The van der Waals surface area contributed by atoms with Crippen LogP contribution in [0.4, 0.5) is 5.69 Å². The molecule has 22 heavy (non-hydrogen) atoms. The van der Waals surface area contributed by atoms with Gasteiger partial charge in [-0.2, -0.15) is 0 Å². The summed E-state index contributed by atoms with van der Waals surface area (Å²) < 4.78 is 10.9. The van der Waals surface area contributed by atoms with Gasteiger partial charge in [0.05, 0.1) is 16.9 Å². The molecule has 7 nitrogen and oxygen atoms in total. The number of carbonyl (C=O) groups is 1. The van der Waals surface area contributed by atoms with E-state index in [2.05, 4.69) is 4.98 Å². The molecule has 7 heteroatoms. The van der Waals surface area contributed by atoms with Gasteiger partial charge in [0.2, 0.25) is 5.88 Å². The Hall–Kier alpha value is -2.18. The molecule has 0 bridgehead atoms. The first kappa shape index (κ1) is 16.2. The first-order chi connectivity index (χ1) is 10.4. The van der Waals surface area contributed by atoms with Gasteiger partial charge in [0.1, 0.15) is 12.3 Å². The highest BCUT2D eigenvalue weighted by Crippen LogP contribution is 2.38. The summed E-state index contributed by atoms with van der Waals surface area (Å²) in [5.74, 6) is 0.220. The molecule has 2 rings (SSSR count). The lowest BCUT2D eigenvalue weighted by Crippen LogP contribution is -2.37. The average Bonchev–Trinajstić information content (AvgIpc) is 2.50. The normalized spacial score (nSPS) is 24.5. The van der Waals surface area contributed by atoms with Crippen LogP contribution in [0.25, 0.3) is 0 Å². The van der Waals surface area contributed by atoms with E-state index in [1.807, 2.05) is 6.92 Å². The van der Waals surface area contributed by atoms with Crippen LogP contribution in [0.15, 0.2) is 18.3 Å². The van der Waals surface area contributed by atoms with Gasteiger partial charge < -0.3 is 9.47 Å². The number of pyridine rings is 1. The number of aromatic nitrogens is 1. The van der Waals surface area contributed by atoms with Crippen LogP contribution in [0.5, 0.6) is 5.88 Å². The van der Waals surface area contributed by atoms with Crippen LogP contribution < -0.4 is 4.74 Å². The van der Waals surface area contributed by atoms with Gasteiger partial charge >= 0.3 is 5.97 Å². The Morgan fingerprint density at radius 2 is 2.14 bits per heavy atom. The molecule has 1 saturated carbocycles. The van der Waals surface area contributed by atoms with Crippen molar-refractivity contribution >= 4 is 11.7 Å². The molecule has 0 N–H and O–H groups in total.